The van der Waals surface area contributed by atoms with Crippen LogP contribution in [0.2, 0.25) is 0 Å². The van der Waals surface area contributed by atoms with E-state index in [1.165, 1.54) is 12.1 Å². The number of nitrogens with zero attached hydrogens (tertiary/aromatic N) is 1. The molecule has 0 saturated carbocycles. The number of para-hydroxylation sites is 1. The molecule has 1 aromatic rings. The van der Waals surface area contributed by atoms with E-state index in [0.717, 1.165) is 0 Å². The molecule has 104 valence electrons. The first kappa shape index (κ1) is 15.3. The van der Waals surface area contributed by atoms with Gasteiger partial charge in [-0.15, -0.1) is 0 Å². The van der Waals surface area contributed by atoms with E-state index in [1.807, 2.05) is 0 Å². The Labute approximate surface area is 108 Å². The molecule has 0 aliphatic carbocycles. The minimum absolute atomic E-state index is 0.0501. The molecule has 0 radical (unpaired) electrons. The first-order valence-electron chi connectivity index (χ1n) is 5.30. The summed E-state index contributed by atoms with van der Waals surface area (Å²) in [6.07, 6.45) is 0.217. The molecular formula is C10H12NO7P. The van der Waals surface area contributed by atoms with Gasteiger partial charge >= 0.3 is 13.8 Å². The predicted octanol–water partition coefficient (Wildman–Crippen LogP) is 1.55. The van der Waals surface area contributed by atoms with Gasteiger partial charge in [0.1, 0.15) is 0 Å². The normalized spacial score (nSPS) is 11.1. The van der Waals surface area contributed by atoms with Crippen LogP contribution in [-0.2, 0) is 20.3 Å². The highest BCUT2D eigenvalue weighted by atomic mass is 31.2. The van der Waals surface area contributed by atoms with Gasteiger partial charge in [-0.3, -0.25) is 24.7 Å². The molecule has 1 aromatic carbocycles. The lowest BCUT2D eigenvalue weighted by Gasteiger charge is -2.05. The zero-order valence-electron chi connectivity index (χ0n) is 9.76. The van der Waals surface area contributed by atoms with Gasteiger partial charge in [0, 0.05) is 18.1 Å². The Bertz CT molecular complexity index is 524. The number of nitro benzene ring substituents is 1. The van der Waals surface area contributed by atoms with E-state index >= 15 is 0 Å². The number of phosphoric acid groups is 1. The third-order valence-electron chi connectivity index (χ3n) is 2.24. The Morgan fingerprint density at radius 3 is 2.58 bits per heavy atom. The molecule has 0 unspecified atom stereocenters. The second-order valence-corrected chi connectivity index (χ2v) is 4.86. The van der Waals surface area contributed by atoms with E-state index < -0.39 is 18.7 Å². The summed E-state index contributed by atoms with van der Waals surface area (Å²) < 4.78 is 14.2. The van der Waals surface area contributed by atoms with E-state index in [2.05, 4.69) is 4.52 Å². The van der Waals surface area contributed by atoms with Gasteiger partial charge in [0.2, 0.25) is 0 Å². The number of nitro groups is 1. The standard InChI is InChI=1S/C10H12NO7P/c12-10(18-19(15,16)17)7-3-5-8-4-1-2-6-9(8)11(13)14/h1-2,4,6H,3,5,7H2,(H2,15,16,17). The van der Waals surface area contributed by atoms with Crippen LogP contribution < -0.4 is 0 Å². The van der Waals surface area contributed by atoms with Crippen LogP contribution in [0.1, 0.15) is 18.4 Å². The summed E-state index contributed by atoms with van der Waals surface area (Å²) in [6, 6.07) is 6.08. The third kappa shape index (κ3) is 5.60. The second kappa shape index (κ2) is 6.42. The molecule has 0 aliphatic heterocycles. The van der Waals surface area contributed by atoms with Crippen molar-refractivity contribution in [1.29, 1.82) is 0 Å². The zero-order chi connectivity index (χ0) is 14.5. The fourth-order valence-corrected chi connectivity index (χ4v) is 1.86. The SMILES string of the molecule is O=C(CCCc1ccccc1[N+](=O)[O-])OP(=O)(O)O. The van der Waals surface area contributed by atoms with Crippen LogP contribution >= 0.6 is 7.82 Å². The molecule has 0 heterocycles. The smallest absolute Gasteiger partial charge is 0.371 e. The van der Waals surface area contributed by atoms with Gasteiger partial charge in [0.15, 0.2) is 0 Å². The molecule has 19 heavy (non-hydrogen) atoms. The summed E-state index contributed by atoms with van der Waals surface area (Å²) in [6.45, 7) is 0. The number of carbonyl (C=O) groups excluding carboxylic acids is 1. The highest BCUT2D eigenvalue weighted by Gasteiger charge is 2.20. The summed E-state index contributed by atoms with van der Waals surface area (Å²) in [5.74, 6) is -1.04. The number of phosphoric ester groups is 1. The van der Waals surface area contributed by atoms with Crippen molar-refractivity contribution in [3.05, 3.63) is 39.9 Å². The predicted molar refractivity (Wildman–Crippen MR) is 64.2 cm³/mol. The number of carbonyl (C=O) groups is 1. The summed E-state index contributed by atoms with van der Waals surface area (Å²) in [4.78, 5) is 38.0. The summed E-state index contributed by atoms with van der Waals surface area (Å²) in [7, 11) is -4.82. The Kier molecular flexibility index (Phi) is 5.17. The van der Waals surface area contributed by atoms with Crippen molar-refractivity contribution in [2.45, 2.75) is 19.3 Å². The number of hydrogen-bond acceptors (Lipinski definition) is 5. The molecular weight excluding hydrogens is 277 g/mol. The molecule has 0 saturated heterocycles. The summed E-state index contributed by atoms with van der Waals surface area (Å²) in [5, 5.41) is 10.7. The van der Waals surface area contributed by atoms with E-state index in [4.69, 9.17) is 9.79 Å². The van der Waals surface area contributed by atoms with Crippen LogP contribution in [0.4, 0.5) is 5.69 Å². The van der Waals surface area contributed by atoms with Crippen molar-refractivity contribution in [2.24, 2.45) is 0 Å². The van der Waals surface area contributed by atoms with Crippen LogP contribution in [0.5, 0.6) is 0 Å². The molecule has 2 N–H and O–H groups in total. The average molecular weight is 289 g/mol. The fraction of sp³-hybridized carbons (Fsp3) is 0.300. The summed E-state index contributed by atoms with van der Waals surface area (Å²) in [5.41, 5.74) is 0.405. The van der Waals surface area contributed by atoms with Crippen LogP contribution in [0.25, 0.3) is 0 Å². The monoisotopic (exact) mass is 289 g/mol. The lowest BCUT2D eigenvalue weighted by molar-refractivity contribution is -0.385. The maximum atomic E-state index is 11.0. The molecule has 9 heteroatoms. The molecule has 0 aromatic heterocycles. The van der Waals surface area contributed by atoms with Crippen molar-refractivity contribution in [1.82, 2.24) is 0 Å². The van der Waals surface area contributed by atoms with Crippen molar-refractivity contribution in [2.75, 3.05) is 0 Å². The Balaban J connectivity index is 2.52. The molecule has 0 bridgehead atoms. The molecule has 8 nitrogen and oxygen atoms in total. The largest absolute Gasteiger partial charge is 0.526 e. The molecule has 0 aliphatic rings. The molecule has 0 amide bonds. The van der Waals surface area contributed by atoms with Crippen molar-refractivity contribution >= 4 is 19.5 Å². The lowest BCUT2D eigenvalue weighted by Crippen LogP contribution is -2.03. The van der Waals surface area contributed by atoms with Gasteiger partial charge < -0.3 is 4.52 Å². The van der Waals surface area contributed by atoms with Crippen molar-refractivity contribution < 1.29 is 28.6 Å². The van der Waals surface area contributed by atoms with Gasteiger partial charge in [-0.25, -0.2) is 4.57 Å². The highest BCUT2D eigenvalue weighted by molar-refractivity contribution is 7.46. The quantitative estimate of drug-likeness (QED) is 0.462. The number of rotatable bonds is 6. The molecule has 0 fully saturated rings. The second-order valence-electron chi connectivity index (χ2n) is 3.69. The van der Waals surface area contributed by atoms with Crippen LogP contribution in [0.15, 0.2) is 24.3 Å². The maximum absolute atomic E-state index is 11.0. The molecule has 0 atom stereocenters. The van der Waals surface area contributed by atoms with E-state index in [9.17, 15) is 19.5 Å². The van der Waals surface area contributed by atoms with Gasteiger partial charge in [0.05, 0.1) is 4.92 Å². The molecule has 0 spiro atoms. The lowest BCUT2D eigenvalue weighted by atomic mass is 10.1. The Hall–Kier alpha value is -1.76. The Morgan fingerprint density at radius 2 is 2.00 bits per heavy atom. The number of aryl methyl sites for hydroxylation is 1. The van der Waals surface area contributed by atoms with E-state index in [1.54, 1.807) is 12.1 Å². The van der Waals surface area contributed by atoms with Crippen LogP contribution in [0, 0.1) is 10.1 Å². The van der Waals surface area contributed by atoms with Gasteiger partial charge in [0.25, 0.3) is 5.69 Å². The van der Waals surface area contributed by atoms with Gasteiger partial charge in [-0.05, 0) is 12.8 Å². The van der Waals surface area contributed by atoms with Gasteiger partial charge in [-0.1, -0.05) is 18.2 Å². The molecule has 1 rings (SSSR count). The minimum Gasteiger partial charge on any atom is -0.371 e. The average Bonchev–Trinajstić information content (AvgIpc) is 2.27. The maximum Gasteiger partial charge on any atom is 0.526 e. The first-order chi connectivity index (χ1) is 8.79. The highest BCUT2D eigenvalue weighted by Crippen LogP contribution is 2.36. The minimum atomic E-state index is -4.82. The zero-order valence-corrected chi connectivity index (χ0v) is 10.7. The third-order valence-corrected chi connectivity index (χ3v) is 2.68. The topological polar surface area (TPSA) is 127 Å². The van der Waals surface area contributed by atoms with Crippen molar-refractivity contribution in [3.63, 3.8) is 0 Å². The first-order valence-corrected chi connectivity index (χ1v) is 6.83. The van der Waals surface area contributed by atoms with E-state index in [0.29, 0.717) is 5.56 Å². The van der Waals surface area contributed by atoms with Crippen molar-refractivity contribution in [3.8, 4) is 0 Å². The van der Waals surface area contributed by atoms with E-state index in [-0.39, 0.29) is 24.9 Å². The fourth-order valence-electron chi connectivity index (χ4n) is 1.50. The summed E-state index contributed by atoms with van der Waals surface area (Å²) >= 11 is 0. The Morgan fingerprint density at radius 1 is 1.37 bits per heavy atom. The van der Waals surface area contributed by atoms with Crippen LogP contribution in [0.3, 0.4) is 0 Å². The number of hydrogen-bond donors (Lipinski definition) is 2. The number of benzene rings is 1. The van der Waals surface area contributed by atoms with Gasteiger partial charge in [-0.2, -0.15) is 0 Å². The van der Waals surface area contributed by atoms with Crippen LogP contribution in [-0.4, -0.2) is 20.7 Å².